The molecule has 2 aromatic heterocycles. The Morgan fingerprint density at radius 1 is 1.32 bits per heavy atom. The van der Waals surface area contributed by atoms with Crippen LogP contribution in [0.1, 0.15) is 11.3 Å². The van der Waals surface area contributed by atoms with Gasteiger partial charge in [-0.25, -0.2) is 0 Å². The van der Waals surface area contributed by atoms with Crippen molar-refractivity contribution in [1.29, 1.82) is 0 Å². The van der Waals surface area contributed by atoms with Gasteiger partial charge in [0.25, 0.3) is 0 Å². The zero-order valence-electron chi connectivity index (χ0n) is 10.7. The van der Waals surface area contributed by atoms with Crippen LogP contribution in [0.3, 0.4) is 0 Å². The van der Waals surface area contributed by atoms with Crippen molar-refractivity contribution in [2.45, 2.75) is 13.1 Å². The normalized spacial score (nSPS) is 11.3. The molecule has 0 unspecified atom stereocenters. The number of nitrogens with zero attached hydrogens (tertiary/aromatic N) is 2. The van der Waals surface area contributed by atoms with Crippen molar-refractivity contribution in [3.63, 3.8) is 0 Å². The molecule has 0 aliphatic heterocycles. The van der Waals surface area contributed by atoms with Crippen molar-refractivity contribution in [3.8, 4) is 0 Å². The smallest absolute Gasteiger partial charge is 0.0762 e. The first kappa shape index (κ1) is 12.3. The summed E-state index contributed by atoms with van der Waals surface area (Å²) in [5.41, 5.74) is 3.36. The number of hydrogen-bond donors (Lipinski definition) is 2. The van der Waals surface area contributed by atoms with Crippen LogP contribution in [0.15, 0.2) is 36.7 Å². The Labute approximate surface area is 116 Å². The molecule has 0 saturated heterocycles. The third kappa shape index (κ3) is 2.64. The summed E-state index contributed by atoms with van der Waals surface area (Å²) >= 11 is 5.97. The summed E-state index contributed by atoms with van der Waals surface area (Å²) in [4.78, 5) is 3.24. The SMILES string of the molecule is Cn1ccc(CNCc2c[nH]c3cc(Cl)ccc23)n1. The molecule has 2 heterocycles. The fourth-order valence-corrected chi connectivity index (χ4v) is 2.36. The first-order valence-corrected chi connectivity index (χ1v) is 6.55. The number of hydrogen-bond acceptors (Lipinski definition) is 2. The van der Waals surface area contributed by atoms with E-state index in [2.05, 4.69) is 15.4 Å². The number of aryl methyl sites for hydroxylation is 1. The first-order chi connectivity index (χ1) is 9.22. The van der Waals surface area contributed by atoms with Gasteiger partial charge in [-0.1, -0.05) is 17.7 Å². The molecule has 19 heavy (non-hydrogen) atoms. The molecule has 1 aromatic carbocycles. The molecular weight excluding hydrogens is 260 g/mol. The van der Waals surface area contributed by atoms with E-state index in [1.165, 1.54) is 10.9 Å². The van der Waals surface area contributed by atoms with Crippen molar-refractivity contribution in [3.05, 3.63) is 52.9 Å². The molecule has 0 amide bonds. The third-order valence-corrected chi connectivity index (χ3v) is 3.35. The number of aromatic amines is 1. The Kier molecular flexibility index (Phi) is 3.27. The van der Waals surface area contributed by atoms with Gasteiger partial charge >= 0.3 is 0 Å². The predicted octanol–water partition coefficient (Wildman–Crippen LogP) is 2.84. The van der Waals surface area contributed by atoms with Gasteiger partial charge < -0.3 is 10.3 Å². The van der Waals surface area contributed by atoms with Crippen LogP contribution in [0.5, 0.6) is 0 Å². The zero-order valence-corrected chi connectivity index (χ0v) is 11.4. The number of halogens is 1. The minimum Gasteiger partial charge on any atom is -0.361 e. The number of nitrogens with one attached hydrogen (secondary N) is 2. The predicted molar refractivity (Wildman–Crippen MR) is 77.1 cm³/mol. The molecule has 0 spiro atoms. The Morgan fingerprint density at radius 2 is 2.21 bits per heavy atom. The highest BCUT2D eigenvalue weighted by Gasteiger charge is 2.04. The van der Waals surface area contributed by atoms with E-state index in [0.29, 0.717) is 0 Å². The van der Waals surface area contributed by atoms with Crippen LogP contribution >= 0.6 is 11.6 Å². The topological polar surface area (TPSA) is 45.6 Å². The molecule has 2 N–H and O–H groups in total. The lowest BCUT2D eigenvalue weighted by atomic mass is 10.2. The quantitative estimate of drug-likeness (QED) is 0.768. The second-order valence-electron chi connectivity index (χ2n) is 4.59. The lowest BCUT2D eigenvalue weighted by Gasteiger charge is -2.02. The molecule has 0 fully saturated rings. The second kappa shape index (κ2) is 5.07. The molecule has 0 aliphatic rings. The zero-order chi connectivity index (χ0) is 13.2. The van der Waals surface area contributed by atoms with Crippen LogP contribution in [0.25, 0.3) is 10.9 Å². The monoisotopic (exact) mass is 274 g/mol. The average molecular weight is 275 g/mol. The maximum atomic E-state index is 5.97. The maximum Gasteiger partial charge on any atom is 0.0762 e. The van der Waals surface area contributed by atoms with Gasteiger partial charge in [-0.2, -0.15) is 5.10 Å². The Bertz CT molecular complexity index is 698. The molecule has 0 radical (unpaired) electrons. The summed E-state index contributed by atoms with van der Waals surface area (Å²) in [6.45, 7) is 1.57. The van der Waals surface area contributed by atoms with Crippen molar-refractivity contribution >= 4 is 22.5 Å². The molecule has 0 bridgehead atoms. The Morgan fingerprint density at radius 3 is 3.00 bits per heavy atom. The van der Waals surface area contributed by atoms with Gasteiger partial charge in [0.2, 0.25) is 0 Å². The molecule has 5 heteroatoms. The molecule has 3 rings (SSSR count). The fourth-order valence-electron chi connectivity index (χ4n) is 2.19. The molecule has 0 aliphatic carbocycles. The summed E-state index contributed by atoms with van der Waals surface area (Å²) in [6, 6.07) is 7.92. The molecule has 0 saturated carbocycles. The molecule has 4 nitrogen and oxygen atoms in total. The van der Waals surface area contributed by atoms with Gasteiger partial charge in [0.15, 0.2) is 0 Å². The highest BCUT2D eigenvalue weighted by atomic mass is 35.5. The number of H-pyrrole nitrogens is 1. The van der Waals surface area contributed by atoms with Gasteiger partial charge in [0.1, 0.15) is 0 Å². The summed E-state index contributed by atoms with van der Waals surface area (Å²) in [5.74, 6) is 0. The van der Waals surface area contributed by atoms with Crippen LogP contribution in [-0.2, 0) is 20.1 Å². The number of benzene rings is 1. The van der Waals surface area contributed by atoms with Crippen LogP contribution in [0.4, 0.5) is 0 Å². The van der Waals surface area contributed by atoms with E-state index in [4.69, 9.17) is 11.6 Å². The summed E-state index contributed by atoms with van der Waals surface area (Å²) in [5, 5.41) is 9.69. The lowest BCUT2D eigenvalue weighted by molar-refractivity contribution is 0.658. The number of rotatable bonds is 4. The first-order valence-electron chi connectivity index (χ1n) is 6.17. The van der Waals surface area contributed by atoms with Gasteiger partial charge in [-0.3, -0.25) is 4.68 Å². The van der Waals surface area contributed by atoms with Crippen LogP contribution in [0.2, 0.25) is 5.02 Å². The van der Waals surface area contributed by atoms with Gasteiger partial charge in [0.05, 0.1) is 5.69 Å². The van der Waals surface area contributed by atoms with Gasteiger partial charge in [0, 0.05) is 48.5 Å². The van der Waals surface area contributed by atoms with Crippen molar-refractivity contribution in [2.24, 2.45) is 7.05 Å². The summed E-state index contributed by atoms with van der Waals surface area (Å²) in [7, 11) is 1.92. The van der Waals surface area contributed by atoms with Crippen molar-refractivity contribution < 1.29 is 0 Å². The Balaban J connectivity index is 1.68. The number of aromatic nitrogens is 3. The van der Waals surface area contributed by atoms with Crippen LogP contribution < -0.4 is 5.32 Å². The van der Waals surface area contributed by atoms with Crippen molar-refractivity contribution in [1.82, 2.24) is 20.1 Å². The Hall–Kier alpha value is -1.78. The lowest BCUT2D eigenvalue weighted by Crippen LogP contribution is -2.13. The van der Waals surface area contributed by atoms with E-state index in [9.17, 15) is 0 Å². The van der Waals surface area contributed by atoms with E-state index < -0.39 is 0 Å². The minimum atomic E-state index is 0.752. The van der Waals surface area contributed by atoms with E-state index >= 15 is 0 Å². The summed E-state index contributed by atoms with van der Waals surface area (Å²) < 4.78 is 1.81. The van der Waals surface area contributed by atoms with Gasteiger partial charge in [-0.05, 0) is 23.8 Å². The number of fused-ring (bicyclic) bond motifs is 1. The van der Waals surface area contributed by atoms with Crippen molar-refractivity contribution in [2.75, 3.05) is 0 Å². The third-order valence-electron chi connectivity index (χ3n) is 3.12. The maximum absolute atomic E-state index is 5.97. The van der Waals surface area contributed by atoms with Crippen LogP contribution in [-0.4, -0.2) is 14.8 Å². The minimum absolute atomic E-state index is 0.752. The molecule has 98 valence electrons. The highest BCUT2D eigenvalue weighted by molar-refractivity contribution is 6.31. The van der Waals surface area contributed by atoms with Crippen LogP contribution in [0, 0.1) is 0 Å². The molecule has 3 aromatic rings. The fraction of sp³-hybridized carbons (Fsp3) is 0.214. The van der Waals surface area contributed by atoms with E-state index in [1.54, 1.807) is 0 Å². The molecule has 0 atom stereocenters. The van der Waals surface area contributed by atoms with Gasteiger partial charge in [-0.15, -0.1) is 0 Å². The second-order valence-corrected chi connectivity index (χ2v) is 5.02. The van der Waals surface area contributed by atoms with E-state index in [1.807, 2.05) is 48.4 Å². The van der Waals surface area contributed by atoms with E-state index in [0.717, 1.165) is 29.3 Å². The largest absolute Gasteiger partial charge is 0.361 e. The van der Waals surface area contributed by atoms with E-state index in [-0.39, 0.29) is 0 Å². The standard InChI is InChI=1S/C14H15ClN4/c1-19-5-4-12(18-19)9-16-7-10-8-17-14-6-11(15)2-3-13(10)14/h2-6,8,16-17H,7,9H2,1H3. The average Bonchev–Trinajstić information content (AvgIpc) is 2.96. The highest BCUT2D eigenvalue weighted by Crippen LogP contribution is 2.21. The summed E-state index contributed by atoms with van der Waals surface area (Å²) in [6.07, 6.45) is 3.97. The molecular formula is C14H15ClN4.